The van der Waals surface area contributed by atoms with E-state index in [1.807, 2.05) is 0 Å². The summed E-state index contributed by atoms with van der Waals surface area (Å²) in [4.78, 5) is 81.8. The van der Waals surface area contributed by atoms with Gasteiger partial charge in [-0.2, -0.15) is 25.3 Å². The number of carbonyl (C=O) groups excluding carboxylic acids is 5. The number of nitrogens with zero attached hydrogens (tertiary/aromatic N) is 2. The fourth-order valence-electron chi connectivity index (χ4n) is 4.55. The SMILES string of the molecule is C[C@H](NC(=O)[C@H](CCCN=C(N)N)NC(=O)[C@H](CCCCN)NC(=O)[C@@H](N)CS)C(=O)N1CCC[C@H]1C(=O)N[C@@H](CS)C(=O)O. The van der Waals surface area contributed by atoms with Gasteiger partial charge in [0.05, 0.1) is 6.04 Å². The predicted octanol–water partition coefficient (Wildman–Crippen LogP) is -3.61. The molecule has 0 aromatic heterocycles. The molecule has 45 heavy (non-hydrogen) atoms. The number of carboxylic acids is 1. The summed E-state index contributed by atoms with van der Waals surface area (Å²) in [5.41, 5.74) is 22.1. The minimum absolute atomic E-state index is 0.0551. The van der Waals surface area contributed by atoms with Crippen LogP contribution in [0.5, 0.6) is 0 Å². The van der Waals surface area contributed by atoms with E-state index in [1.54, 1.807) is 0 Å². The lowest BCUT2D eigenvalue weighted by molar-refractivity contribution is -0.144. The number of hydrogen-bond acceptors (Lipinski definition) is 11. The van der Waals surface area contributed by atoms with Crippen LogP contribution in [0.15, 0.2) is 4.99 Å². The second kappa shape index (κ2) is 20.7. The lowest BCUT2D eigenvalue weighted by atomic mass is 10.1. The highest BCUT2D eigenvalue weighted by molar-refractivity contribution is 7.80. The zero-order valence-corrected chi connectivity index (χ0v) is 27.2. The maximum atomic E-state index is 13.4. The first-order chi connectivity index (χ1) is 21.3. The normalized spacial score (nSPS) is 17.6. The van der Waals surface area contributed by atoms with E-state index in [1.165, 1.54) is 11.8 Å². The highest BCUT2D eigenvalue weighted by atomic mass is 32.1. The highest BCUT2D eigenvalue weighted by Gasteiger charge is 2.38. The molecule has 17 nitrogen and oxygen atoms in total. The molecule has 1 fully saturated rings. The van der Waals surface area contributed by atoms with Gasteiger partial charge in [0.15, 0.2) is 5.96 Å². The van der Waals surface area contributed by atoms with Gasteiger partial charge < -0.3 is 54.2 Å². The van der Waals surface area contributed by atoms with Crippen LogP contribution in [0.3, 0.4) is 0 Å². The average molecular weight is 677 g/mol. The number of rotatable bonds is 20. The minimum atomic E-state index is -1.26. The van der Waals surface area contributed by atoms with Crippen molar-refractivity contribution in [1.29, 1.82) is 0 Å². The van der Waals surface area contributed by atoms with E-state index in [0.29, 0.717) is 32.2 Å². The third-order valence-electron chi connectivity index (χ3n) is 7.06. The summed E-state index contributed by atoms with van der Waals surface area (Å²) in [6.07, 6.45) is 2.54. The number of carbonyl (C=O) groups is 6. The monoisotopic (exact) mass is 676 g/mol. The molecule has 1 rings (SSSR count). The number of nitrogens with two attached hydrogens (primary N) is 4. The molecule has 6 atom stereocenters. The van der Waals surface area contributed by atoms with E-state index < -0.39 is 71.8 Å². The number of amides is 5. The van der Waals surface area contributed by atoms with Gasteiger partial charge >= 0.3 is 5.97 Å². The Balaban J connectivity index is 3.06. The summed E-state index contributed by atoms with van der Waals surface area (Å²) in [5.74, 6) is -4.58. The minimum Gasteiger partial charge on any atom is -0.480 e. The quantitative estimate of drug-likeness (QED) is 0.0259. The maximum absolute atomic E-state index is 13.4. The Hall–Kier alpha value is -3.29. The lowest BCUT2D eigenvalue weighted by Gasteiger charge is -2.29. The Kier molecular flexibility index (Phi) is 18.3. The zero-order chi connectivity index (χ0) is 34.1. The van der Waals surface area contributed by atoms with Crippen LogP contribution < -0.4 is 44.2 Å². The molecule has 1 heterocycles. The summed E-state index contributed by atoms with van der Waals surface area (Å²) in [7, 11) is 0. The van der Waals surface area contributed by atoms with Crippen molar-refractivity contribution < 1.29 is 33.9 Å². The zero-order valence-electron chi connectivity index (χ0n) is 25.4. The first-order valence-corrected chi connectivity index (χ1v) is 16.0. The van der Waals surface area contributed by atoms with Gasteiger partial charge in [0.25, 0.3) is 0 Å². The Bertz CT molecular complexity index is 1060. The molecule has 0 radical (unpaired) electrons. The van der Waals surface area contributed by atoms with Crippen LogP contribution in [-0.2, 0) is 28.8 Å². The smallest absolute Gasteiger partial charge is 0.327 e. The van der Waals surface area contributed by atoms with Crippen molar-refractivity contribution >= 4 is 66.7 Å². The van der Waals surface area contributed by atoms with E-state index in [0.717, 1.165) is 0 Å². The van der Waals surface area contributed by atoms with Gasteiger partial charge in [-0.15, -0.1) is 0 Å². The number of aliphatic carboxylic acids is 1. The van der Waals surface area contributed by atoms with E-state index in [9.17, 15) is 33.9 Å². The fourth-order valence-corrected chi connectivity index (χ4v) is 4.96. The number of aliphatic imine (C=N–C) groups is 1. The standard InChI is InChI=1S/C26H48N10O7S2/c1-14(24(41)36-11-5-8-19(36)23(40)35-18(13-45)25(42)43)32-21(38)17(7-4-10-31-26(29)30)34-22(39)16(6-2-3-9-27)33-20(37)15(28)12-44/h14-19,44-45H,2-13,27-28H2,1H3,(H,32,38)(H,33,37)(H,34,39)(H,35,40)(H,42,43)(H4,29,30,31)/t14-,15-,16-,17-,18-,19-/m0/s1. The molecule has 0 bridgehead atoms. The van der Waals surface area contributed by atoms with Crippen LogP contribution in [0.2, 0.25) is 0 Å². The number of guanidine groups is 1. The van der Waals surface area contributed by atoms with E-state index in [2.05, 4.69) is 51.5 Å². The Morgan fingerprint density at radius 1 is 0.889 bits per heavy atom. The van der Waals surface area contributed by atoms with E-state index in [-0.39, 0.29) is 49.8 Å². The van der Waals surface area contributed by atoms with Crippen molar-refractivity contribution in [3.8, 4) is 0 Å². The molecule has 0 spiro atoms. The summed E-state index contributed by atoms with van der Waals surface area (Å²) < 4.78 is 0. The first kappa shape index (κ1) is 39.7. The second-order valence-corrected chi connectivity index (χ2v) is 11.4. The first-order valence-electron chi connectivity index (χ1n) is 14.7. The molecule has 13 N–H and O–H groups in total. The predicted molar refractivity (Wildman–Crippen MR) is 174 cm³/mol. The highest BCUT2D eigenvalue weighted by Crippen LogP contribution is 2.19. The topological polar surface area (TPSA) is 290 Å². The lowest BCUT2D eigenvalue weighted by Crippen LogP contribution is -2.58. The summed E-state index contributed by atoms with van der Waals surface area (Å²) in [6.45, 7) is 2.22. The number of thiol groups is 2. The van der Waals surface area contributed by atoms with Crippen molar-refractivity contribution in [1.82, 2.24) is 26.2 Å². The van der Waals surface area contributed by atoms with Crippen LogP contribution in [-0.4, -0.2) is 119 Å². The van der Waals surface area contributed by atoms with Crippen molar-refractivity contribution in [3.63, 3.8) is 0 Å². The molecule has 1 aliphatic rings. The molecule has 256 valence electrons. The Morgan fingerprint density at radius 2 is 1.49 bits per heavy atom. The number of carboxylic acid groups (broad SMARTS) is 1. The molecule has 0 aromatic carbocycles. The van der Waals surface area contributed by atoms with Gasteiger partial charge in [-0.3, -0.25) is 29.0 Å². The Morgan fingerprint density at radius 3 is 2.04 bits per heavy atom. The number of nitrogens with one attached hydrogen (secondary N) is 4. The molecule has 1 saturated heterocycles. The molecular weight excluding hydrogens is 628 g/mol. The van der Waals surface area contributed by atoms with Gasteiger partial charge in [0.1, 0.15) is 30.2 Å². The van der Waals surface area contributed by atoms with Gasteiger partial charge in [0, 0.05) is 24.6 Å². The third kappa shape index (κ3) is 13.7. The fraction of sp³-hybridized carbons (Fsp3) is 0.731. The summed E-state index contributed by atoms with van der Waals surface area (Å²) in [5, 5.41) is 19.5. The van der Waals surface area contributed by atoms with E-state index >= 15 is 0 Å². The molecule has 5 amide bonds. The molecule has 0 aromatic rings. The van der Waals surface area contributed by atoms with Crippen LogP contribution in [0.25, 0.3) is 0 Å². The largest absolute Gasteiger partial charge is 0.480 e. The van der Waals surface area contributed by atoms with Gasteiger partial charge in [-0.25, -0.2) is 4.79 Å². The van der Waals surface area contributed by atoms with Crippen LogP contribution in [0, 0.1) is 0 Å². The molecule has 0 unspecified atom stereocenters. The number of unbranched alkanes of at least 4 members (excludes halogenated alkanes) is 1. The average Bonchev–Trinajstić information content (AvgIpc) is 3.49. The van der Waals surface area contributed by atoms with Crippen LogP contribution in [0.1, 0.15) is 51.9 Å². The molecule has 1 aliphatic heterocycles. The molecule has 0 aliphatic carbocycles. The van der Waals surface area contributed by atoms with Crippen LogP contribution >= 0.6 is 25.3 Å². The van der Waals surface area contributed by atoms with Gasteiger partial charge in [0.2, 0.25) is 29.5 Å². The van der Waals surface area contributed by atoms with Crippen LogP contribution in [0.4, 0.5) is 0 Å². The number of likely N-dealkylation sites (tertiary alicyclic amines) is 1. The molecule has 19 heteroatoms. The molecule has 0 saturated carbocycles. The van der Waals surface area contributed by atoms with Crippen molar-refractivity contribution in [3.05, 3.63) is 0 Å². The van der Waals surface area contributed by atoms with E-state index in [4.69, 9.17) is 22.9 Å². The van der Waals surface area contributed by atoms with Gasteiger partial charge in [-0.1, -0.05) is 0 Å². The van der Waals surface area contributed by atoms with Gasteiger partial charge in [-0.05, 0) is 58.4 Å². The summed E-state index contributed by atoms with van der Waals surface area (Å²) >= 11 is 7.96. The number of hydrogen-bond donors (Lipinski definition) is 11. The maximum Gasteiger partial charge on any atom is 0.327 e. The third-order valence-corrected chi connectivity index (χ3v) is 7.82. The van der Waals surface area contributed by atoms with Crippen molar-refractivity contribution in [2.45, 2.75) is 88.1 Å². The van der Waals surface area contributed by atoms with Crippen molar-refractivity contribution in [2.24, 2.45) is 27.9 Å². The Labute approximate surface area is 273 Å². The molecular formula is C26H48N10O7S2. The van der Waals surface area contributed by atoms with Crippen molar-refractivity contribution in [2.75, 3.05) is 31.1 Å². The summed E-state index contributed by atoms with van der Waals surface area (Å²) in [6, 6.07) is -6.35. The second-order valence-electron chi connectivity index (χ2n) is 10.6.